The summed E-state index contributed by atoms with van der Waals surface area (Å²) in [5.74, 6) is 1.11. The average Bonchev–Trinajstić information content (AvgIpc) is 2.63. The Balaban J connectivity index is 2.23. The summed E-state index contributed by atoms with van der Waals surface area (Å²) < 4.78 is 2.10. The Morgan fingerprint density at radius 1 is 1.11 bits per heavy atom. The van der Waals surface area contributed by atoms with Crippen molar-refractivity contribution < 1.29 is 4.57 Å². The van der Waals surface area contributed by atoms with Crippen LogP contribution < -0.4 is 9.47 Å². The second-order valence-electron chi connectivity index (χ2n) is 4.63. The molecule has 1 aliphatic rings. The van der Waals surface area contributed by atoms with Crippen molar-refractivity contribution in [1.82, 2.24) is 0 Å². The minimum atomic E-state index is 1.11. The molecule has 3 nitrogen and oxygen atoms in total. The molecule has 0 atom stereocenters. The van der Waals surface area contributed by atoms with E-state index in [-0.39, 0.29) is 0 Å². The third-order valence-corrected chi connectivity index (χ3v) is 3.30. The highest BCUT2D eigenvalue weighted by atomic mass is 15.2. The van der Waals surface area contributed by atoms with E-state index in [0.29, 0.717) is 0 Å². The lowest BCUT2D eigenvalue weighted by atomic mass is 10.1. The molecule has 0 radical (unpaired) electrons. The zero-order valence-electron chi connectivity index (χ0n) is 11.1. The van der Waals surface area contributed by atoms with Gasteiger partial charge in [0.2, 0.25) is 0 Å². The van der Waals surface area contributed by atoms with Crippen LogP contribution in [0.2, 0.25) is 0 Å². The minimum absolute atomic E-state index is 1.11. The smallest absolute Gasteiger partial charge is 0.260 e. The Bertz CT molecular complexity index is 671. The normalized spacial score (nSPS) is 13.3. The molecule has 0 bridgehead atoms. The number of hydrogen-bond acceptors (Lipinski definition) is 2. The van der Waals surface area contributed by atoms with Gasteiger partial charge in [0.05, 0.1) is 19.4 Å². The Hall–Kier alpha value is -2.42. The van der Waals surface area contributed by atoms with Crippen molar-refractivity contribution in [3.05, 3.63) is 66.1 Å². The molecular weight excluding hydrogens is 234 g/mol. The fourth-order valence-electron chi connectivity index (χ4n) is 2.37. The Labute approximate surface area is 113 Å². The summed E-state index contributed by atoms with van der Waals surface area (Å²) in [4.78, 5) is 6.48. The van der Waals surface area contributed by atoms with Crippen molar-refractivity contribution >= 4 is 17.7 Å². The molecule has 0 N–H and O–H groups in total. The van der Waals surface area contributed by atoms with E-state index in [4.69, 9.17) is 0 Å². The van der Waals surface area contributed by atoms with Crippen LogP contribution in [0, 0.1) is 6.92 Å². The first kappa shape index (κ1) is 11.7. The van der Waals surface area contributed by atoms with E-state index in [0.717, 1.165) is 11.4 Å². The summed E-state index contributed by atoms with van der Waals surface area (Å²) >= 11 is 0. The molecule has 1 aromatic carbocycles. The van der Waals surface area contributed by atoms with Gasteiger partial charge >= 0.3 is 0 Å². The van der Waals surface area contributed by atoms with Crippen molar-refractivity contribution in [1.29, 1.82) is 0 Å². The molecule has 1 aliphatic heterocycles. The van der Waals surface area contributed by atoms with Gasteiger partial charge in [0.15, 0.2) is 0 Å². The van der Waals surface area contributed by atoms with Crippen LogP contribution in [0.25, 0.3) is 0 Å². The number of pyridine rings is 1. The number of aliphatic imine (C=N–C) groups is 1. The summed E-state index contributed by atoms with van der Waals surface area (Å²) in [5.41, 5.74) is 3.55. The SMILES string of the molecule is Cc1cccc2c1N(c1cccc[n+]1C)C=CN=C2. The van der Waals surface area contributed by atoms with Crippen molar-refractivity contribution in [2.45, 2.75) is 6.92 Å². The zero-order valence-corrected chi connectivity index (χ0v) is 11.1. The molecule has 0 spiro atoms. The summed E-state index contributed by atoms with van der Waals surface area (Å²) in [5, 5.41) is 0. The molecule has 2 aromatic rings. The van der Waals surface area contributed by atoms with Crippen LogP contribution in [0.3, 0.4) is 0 Å². The van der Waals surface area contributed by atoms with Crippen LogP contribution in [0.5, 0.6) is 0 Å². The Morgan fingerprint density at radius 3 is 2.84 bits per heavy atom. The maximum Gasteiger partial charge on any atom is 0.286 e. The third kappa shape index (κ3) is 2.03. The average molecular weight is 250 g/mol. The standard InChI is InChI=1S/C16H16N3/c1-13-6-5-7-14-12-17-9-11-19(16(13)14)15-8-3-4-10-18(15)2/h3-12H,1-2H3/q+1. The van der Waals surface area contributed by atoms with Gasteiger partial charge in [-0.1, -0.05) is 18.2 Å². The summed E-state index contributed by atoms with van der Waals surface area (Å²) in [6, 6.07) is 12.5. The fraction of sp³-hybridized carbons (Fsp3) is 0.125. The van der Waals surface area contributed by atoms with Gasteiger partial charge in [-0.3, -0.25) is 4.99 Å². The van der Waals surface area contributed by atoms with Crippen LogP contribution in [-0.2, 0) is 7.05 Å². The molecule has 0 aliphatic carbocycles. The first-order chi connectivity index (χ1) is 9.27. The van der Waals surface area contributed by atoms with E-state index >= 15 is 0 Å². The van der Waals surface area contributed by atoms with E-state index < -0.39 is 0 Å². The van der Waals surface area contributed by atoms with Gasteiger partial charge in [0.1, 0.15) is 11.9 Å². The van der Waals surface area contributed by atoms with Crippen molar-refractivity contribution in [2.75, 3.05) is 4.90 Å². The monoisotopic (exact) mass is 250 g/mol. The molecule has 94 valence electrons. The third-order valence-electron chi connectivity index (χ3n) is 3.30. The molecule has 0 amide bonds. The number of aryl methyl sites for hydroxylation is 2. The van der Waals surface area contributed by atoms with Crippen molar-refractivity contribution in [3.8, 4) is 0 Å². The lowest BCUT2D eigenvalue weighted by Gasteiger charge is -2.16. The van der Waals surface area contributed by atoms with E-state index in [2.05, 4.69) is 45.6 Å². The molecular formula is C16H16N3+. The number of hydrogen-bond donors (Lipinski definition) is 0. The van der Waals surface area contributed by atoms with Crippen molar-refractivity contribution in [3.63, 3.8) is 0 Å². The zero-order chi connectivity index (χ0) is 13.2. The summed E-state index contributed by atoms with van der Waals surface area (Å²) in [7, 11) is 2.05. The van der Waals surface area contributed by atoms with Gasteiger partial charge in [-0.2, -0.15) is 4.90 Å². The molecule has 0 unspecified atom stereocenters. The molecule has 0 saturated heterocycles. The fourth-order valence-corrected chi connectivity index (χ4v) is 2.37. The first-order valence-electron chi connectivity index (χ1n) is 6.31. The highest BCUT2D eigenvalue weighted by Crippen LogP contribution is 2.30. The minimum Gasteiger partial charge on any atom is -0.260 e. The number of anilines is 2. The maximum absolute atomic E-state index is 4.30. The number of aromatic nitrogens is 1. The predicted octanol–water partition coefficient (Wildman–Crippen LogP) is 2.86. The number of rotatable bonds is 1. The largest absolute Gasteiger partial charge is 0.286 e. The second kappa shape index (κ2) is 4.69. The van der Waals surface area contributed by atoms with Gasteiger partial charge in [0, 0.05) is 17.8 Å². The summed E-state index contributed by atoms with van der Waals surface area (Å²) in [6.07, 6.45) is 7.78. The molecule has 3 rings (SSSR count). The van der Waals surface area contributed by atoms with Gasteiger partial charge in [0.25, 0.3) is 5.82 Å². The quantitative estimate of drug-likeness (QED) is 0.712. The predicted molar refractivity (Wildman–Crippen MR) is 77.7 cm³/mol. The van der Waals surface area contributed by atoms with E-state index in [1.165, 1.54) is 11.3 Å². The highest BCUT2D eigenvalue weighted by Gasteiger charge is 2.23. The molecule has 19 heavy (non-hydrogen) atoms. The van der Waals surface area contributed by atoms with Crippen molar-refractivity contribution in [2.24, 2.45) is 12.0 Å². The number of para-hydroxylation sites is 1. The highest BCUT2D eigenvalue weighted by molar-refractivity contribution is 5.92. The van der Waals surface area contributed by atoms with Gasteiger partial charge in [-0.05, 0) is 24.6 Å². The lowest BCUT2D eigenvalue weighted by molar-refractivity contribution is -0.658. The van der Waals surface area contributed by atoms with Gasteiger partial charge in [-0.25, -0.2) is 4.57 Å². The summed E-state index contributed by atoms with van der Waals surface area (Å²) in [6.45, 7) is 2.13. The maximum atomic E-state index is 4.30. The van der Waals surface area contributed by atoms with Crippen LogP contribution >= 0.6 is 0 Å². The Kier molecular flexibility index (Phi) is 2.88. The van der Waals surface area contributed by atoms with Gasteiger partial charge < -0.3 is 0 Å². The molecule has 1 aromatic heterocycles. The number of fused-ring (bicyclic) bond motifs is 1. The first-order valence-corrected chi connectivity index (χ1v) is 6.31. The number of nitrogens with zero attached hydrogens (tertiary/aromatic N) is 3. The van der Waals surface area contributed by atoms with E-state index in [9.17, 15) is 0 Å². The number of benzene rings is 1. The van der Waals surface area contributed by atoms with Gasteiger partial charge in [-0.15, -0.1) is 0 Å². The second-order valence-corrected chi connectivity index (χ2v) is 4.63. The van der Waals surface area contributed by atoms with Crippen LogP contribution in [-0.4, -0.2) is 6.21 Å². The van der Waals surface area contributed by atoms with Crippen LogP contribution in [0.15, 0.2) is 60.0 Å². The molecule has 0 saturated carbocycles. The Morgan fingerprint density at radius 2 is 2.00 bits per heavy atom. The van der Waals surface area contributed by atoms with Crippen LogP contribution in [0.1, 0.15) is 11.1 Å². The van der Waals surface area contributed by atoms with E-state index in [1.54, 1.807) is 0 Å². The topological polar surface area (TPSA) is 19.5 Å². The van der Waals surface area contributed by atoms with Crippen LogP contribution in [0.4, 0.5) is 11.5 Å². The van der Waals surface area contributed by atoms with E-state index in [1.807, 2.05) is 44.0 Å². The molecule has 3 heteroatoms. The lowest BCUT2D eigenvalue weighted by Crippen LogP contribution is -2.34. The molecule has 0 fully saturated rings. The molecule has 2 heterocycles.